The molecule has 0 spiro atoms. The lowest BCUT2D eigenvalue weighted by Crippen LogP contribution is -2.28. The van der Waals surface area contributed by atoms with Crippen LogP contribution in [-0.2, 0) is 0 Å². The predicted molar refractivity (Wildman–Crippen MR) is 34.3 cm³/mol. The lowest BCUT2D eigenvalue weighted by molar-refractivity contribution is -0.0891. The average molecular weight is 145 g/mol. The fraction of sp³-hybridized carbons (Fsp3) is 0.667. The number of hydrogen-bond acceptors (Lipinski definition) is 4. The molecule has 0 bridgehead atoms. The van der Waals surface area contributed by atoms with Crippen LogP contribution in [0.2, 0.25) is 0 Å². The molecular formula is C6H11NO3. The first-order valence-electron chi connectivity index (χ1n) is 3.19. The molecule has 0 saturated heterocycles. The van der Waals surface area contributed by atoms with Gasteiger partial charge in [0.2, 0.25) is 0 Å². The van der Waals surface area contributed by atoms with Gasteiger partial charge in [0, 0.05) is 13.1 Å². The maximum Gasteiger partial charge on any atom is 0.174 e. The Labute approximate surface area is 59.0 Å². The Hall–Kier alpha value is -0.420. The van der Waals surface area contributed by atoms with E-state index in [0.29, 0.717) is 25.1 Å². The van der Waals surface area contributed by atoms with Gasteiger partial charge >= 0.3 is 0 Å². The Bertz CT molecular complexity index is 144. The van der Waals surface area contributed by atoms with Crippen molar-refractivity contribution < 1.29 is 15.4 Å². The van der Waals surface area contributed by atoms with E-state index >= 15 is 0 Å². The molecule has 0 aromatic heterocycles. The summed E-state index contributed by atoms with van der Waals surface area (Å²) >= 11 is 0. The van der Waals surface area contributed by atoms with Crippen molar-refractivity contribution in [3.63, 3.8) is 0 Å². The zero-order valence-electron chi connectivity index (χ0n) is 5.56. The van der Waals surface area contributed by atoms with Crippen LogP contribution in [0.15, 0.2) is 11.6 Å². The van der Waals surface area contributed by atoms with Gasteiger partial charge in [0.05, 0.1) is 0 Å². The van der Waals surface area contributed by atoms with Crippen molar-refractivity contribution in [3.05, 3.63) is 11.6 Å². The molecule has 4 heteroatoms. The summed E-state index contributed by atoms with van der Waals surface area (Å²) in [6.07, 6.45) is 0.788. The van der Waals surface area contributed by atoms with Gasteiger partial charge < -0.3 is 15.4 Å². The molecule has 0 atom stereocenters. The van der Waals surface area contributed by atoms with E-state index in [2.05, 4.69) is 0 Å². The summed E-state index contributed by atoms with van der Waals surface area (Å²) in [6, 6.07) is 0. The number of hydrogen-bond donors (Lipinski definition) is 3. The van der Waals surface area contributed by atoms with E-state index < -0.39 is 6.29 Å². The van der Waals surface area contributed by atoms with E-state index in [1.165, 1.54) is 0 Å². The standard InChI is InChI=1S/C6H11NO3/c8-6(9)5-1-3-7(10)4-2-5/h1,6,8-10H,2-4H2. The van der Waals surface area contributed by atoms with Crippen LogP contribution < -0.4 is 0 Å². The molecule has 0 saturated carbocycles. The number of aliphatic hydroxyl groups excluding tert-OH is 1. The fourth-order valence-corrected chi connectivity index (χ4v) is 0.909. The molecule has 58 valence electrons. The fourth-order valence-electron chi connectivity index (χ4n) is 0.909. The van der Waals surface area contributed by atoms with Gasteiger partial charge in [-0.15, -0.1) is 0 Å². The quantitative estimate of drug-likeness (QED) is 0.338. The monoisotopic (exact) mass is 145 g/mol. The normalized spacial score (nSPS) is 21.4. The SMILES string of the molecule is OC(O)C1=CCN(O)CC1. The highest BCUT2D eigenvalue weighted by Crippen LogP contribution is 2.10. The summed E-state index contributed by atoms with van der Waals surface area (Å²) in [6.45, 7) is 0.858. The Kier molecular flexibility index (Phi) is 2.39. The van der Waals surface area contributed by atoms with Crippen molar-refractivity contribution in [1.82, 2.24) is 5.06 Å². The van der Waals surface area contributed by atoms with Crippen LogP contribution in [0.4, 0.5) is 0 Å². The van der Waals surface area contributed by atoms with Gasteiger partial charge in [-0.2, -0.15) is 5.06 Å². The minimum absolute atomic E-state index is 0.382. The third kappa shape index (κ3) is 1.78. The predicted octanol–water partition coefficient (Wildman–Crippen LogP) is -0.682. The van der Waals surface area contributed by atoms with E-state index in [1.807, 2.05) is 0 Å². The lowest BCUT2D eigenvalue weighted by Gasteiger charge is -2.20. The molecule has 1 aliphatic heterocycles. The van der Waals surface area contributed by atoms with Crippen LogP contribution in [0.1, 0.15) is 6.42 Å². The van der Waals surface area contributed by atoms with Crippen molar-refractivity contribution in [3.8, 4) is 0 Å². The second-order valence-electron chi connectivity index (χ2n) is 2.32. The van der Waals surface area contributed by atoms with Gasteiger partial charge in [0.25, 0.3) is 0 Å². The summed E-state index contributed by atoms with van der Waals surface area (Å²) in [5.74, 6) is 0. The summed E-state index contributed by atoms with van der Waals surface area (Å²) in [7, 11) is 0. The van der Waals surface area contributed by atoms with E-state index in [9.17, 15) is 0 Å². The number of hydroxylamine groups is 2. The third-order valence-corrected chi connectivity index (χ3v) is 1.55. The molecule has 1 aliphatic rings. The summed E-state index contributed by atoms with van der Waals surface area (Å²) in [5.41, 5.74) is 0.588. The molecule has 10 heavy (non-hydrogen) atoms. The maximum absolute atomic E-state index is 8.83. The molecule has 0 aliphatic carbocycles. The van der Waals surface area contributed by atoms with E-state index in [1.54, 1.807) is 6.08 Å². The van der Waals surface area contributed by atoms with Crippen molar-refractivity contribution in [1.29, 1.82) is 0 Å². The first-order valence-corrected chi connectivity index (χ1v) is 3.19. The Morgan fingerprint density at radius 3 is 2.60 bits per heavy atom. The van der Waals surface area contributed by atoms with Gasteiger partial charge in [0.1, 0.15) is 0 Å². The van der Waals surface area contributed by atoms with Crippen LogP contribution in [0.3, 0.4) is 0 Å². The first kappa shape index (κ1) is 7.68. The molecular weight excluding hydrogens is 134 g/mol. The van der Waals surface area contributed by atoms with Crippen molar-refractivity contribution >= 4 is 0 Å². The number of aliphatic hydroxyl groups is 2. The lowest BCUT2D eigenvalue weighted by atomic mass is 10.1. The Balaban J connectivity index is 2.48. The van der Waals surface area contributed by atoms with Crippen molar-refractivity contribution in [2.24, 2.45) is 0 Å². The summed E-state index contributed by atoms with van der Waals surface area (Å²) in [5, 5.41) is 27.3. The third-order valence-electron chi connectivity index (χ3n) is 1.55. The van der Waals surface area contributed by atoms with Gasteiger partial charge in [-0.05, 0) is 12.0 Å². The van der Waals surface area contributed by atoms with Crippen LogP contribution in [0, 0.1) is 0 Å². The van der Waals surface area contributed by atoms with Gasteiger partial charge in [-0.3, -0.25) is 0 Å². The van der Waals surface area contributed by atoms with Crippen LogP contribution in [0.25, 0.3) is 0 Å². The van der Waals surface area contributed by atoms with Gasteiger partial charge in [-0.1, -0.05) is 6.08 Å². The van der Waals surface area contributed by atoms with Crippen LogP contribution in [-0.4, -0.2) is 39.9 Å². The smallest absolute Gasteiger partial charge is 0.174 e. The molecule has 0 fully saturated rings. The molecule has 0 radical (unpaired) electrons. The van der Waals surface area contributed by atoms with Crippen molar-refractivity contribution in [2.75, 3.05) is 13.1 Å². The minimum atomic E-state index is -1.35. The van der Waals surface area contributed by atoms with E-state index in [0.717, 1.165) is 5.06 Å². The number of rotatable bonds is 1. The summed E-state index contributed by atoms with van der Waals surface area (Å²) in [4.78, 5) is 0. The molecule has 0 unspecified atom stereocenters. The van der Waals surface area contributed by atoms with Gasteiger partial charge in [-0.25, -0.2) is 0 Å². The molecule has 1 heterocycles. The second-order valence-corrected chi connectivity index (χ2v) is 2.32. The number of nitrogens with zero attached hydrogens (tertiary/aromatic N) is 1. The Morgan fingerprint density at radius 1 is 1.50 bits per heavy atom. The average Bonchev–Trinajstić information content (AvgIpc) is 1.88. The van der Waals surface area contributed by atoms with E-state index in [4.69, 9.17) is 15.4 Å². The zero-order chi connectivity index (χ0) is 7.56. The topological polar surface area (TPSA) is 63.9 Å². The van der Waals surface area contributed by atoms with Crippen LogP contribution in [0.5, 0.6) is 0 Å². The van der Waals surface area contributed by atoms with Gasteiger partial charge in [0.15, 0.2) is 6.29 Å². The highest BCUT2D eigenvalue weighted by atomic mass is 16.5. The molecule has 4 nitrogen and oxygen atoms in total. The molecule has 0 aromatic rings. The second kappa shape index (κ2) is 3.12. The molecule has 0 aromatic carbocycles. The highest BCUT2D eigenvalue weighted by Gasteiger charge is 2.13. The first-order chi connectivity index (χ1) is 4.70. The van der Waals surface area contributed by atoms with E-state index in [-0.39, 0.29) is 0 Å². The minimum Gasteiger partial charge on any atom is -0.365 e. The molecule has 3 N–H and O–H groups in total. The molecule has 0 amide bonds. The van der Waals surface area contributed by atoms with Crippen molar-refractivity contribution in [2.45, 2.75) is 12.7 Å². The summed E-state index contributed by atoms with van der Waals surface area (Å²) < 4.78 is 0. The van der Waals surface area contributed by atoms with Crippen LogP contribution >= 0.6 is 0 Å². The highest BCUT2D eigenvalue weighted by molar-refractivity contribution is 5.08. The maximum atomic E-state index is 8.83. The zero-order valence-corrected chi connectivity index (χ0v) is 5.56. The molecule has 1 rings (SSSR count). The Morgan fingerprint density at radius 2 is 2.20 bits per heavy atom. The largest absolute Gasteiger partial charge is 0.365 e.